The molecule has 0 unspecified atom stereocenters. The van der Waals surface area contributed by atoms with Crippen molar-refractivity contribution < 1.29 is 9.53 Å². The molecule has 2 rings (SSSR count). The van der Waals surface area contributed by atoms with Crippen molar-refractivity contribution in [1.82, 2.24) is 5.32 Å². The fraction of sp³-hybridized carbons (Fsp3) is 0.381. The third-order valence-electron chi connectivity index (χ3n) is 4.63. The van der Waals surface area contributed by atoms with Crippen molar-refractivity contribution in [1.29, 1.82) is 0 Å². The largest absolute Gasteiger partial charge is 0.456 e. The first-order chi connectivity index (χ1) is 12.3. The standard InChI is InChI=1S/C21H27ClN2O2/c1-4-21(2,3)11-12-24-14-15-5-8-17(9-6-15)26-19-10-7-16(20(23)25)13-18(19)22/h5-10,13,24H,4,11-12,14H2,1-3H3,(H2,23,25). The van der Waals surface area contributed by atoms with E-state index in [1.165, 1.54) is 18.1 Å². The fourth-order valence-corrected chi connectivity index (χ4v) is 2.59. The molecule has 26 heavy (non-hydrogen) atoms. The molecule has 0 fully saturated rings. The number of halogens is 1. The van der Waals surface area contributed by atoms with Crippen LogP contribution < -0.4 is 15.8 Å². The lowest BCUT2D eigenvalue weighted by Gasteiger charge is -2.22. The second-order valence-electron chi connectivity index (χ2n) is 7.20. The van der Waals surface area contributed by atoms with Crippen LogP contribution in [-0.2, 0) is 6.54 Å². The highest BCUT2D eigenvalue weighted by molar-refractivity contribution is 6.32. The SMILES string of the molecule is CCC(C)(C)CCNCc1ccc(Oc2ccc(C(N)=O)cc2Cl)cc1. The molecule has 3 N–H and O–H groups in total. The van der Waals surface area contributed by atoms with Crippen LogP contribution in [0.5, 0.6) is 11.5 Å². The maximum atomic E-state index is 11.2. The predicted octanol–water partition coefficient (Wildman–Crippen LogP) is 5.15. The van der Waals surface area contributed by atoms with Crippen LogP contribution >= 0.6 is 11.6 Å². The van der Waals surface area contributed by atoms with Crippen LogP contribution in [0.2, 0.25) is 5.02 Å². The minimum Gasteiger partial charge on any atom is -0.456 e. The molecule has 5 heteroatoms. The van der Waals surface area contributed by atoms with E-state index in [-0.39, 0.29) is 0 Å². The van der Waals surface area contributed by atoms with Gasteiger partial charge < -0.3 is 15.8 Å². The van der Waals surface area contributed by atoms with Crippen LogP contribution in [0.15, 0.2) is 42.5 Å². The van der Waals surface area contributed by atoms with Gasteiger partial charge in [0.15, 0.2) is 0 Å². The lowest BCUT2D eigenvalue weighted by Crippen LogP contribution is -2.21. The number of carbonyl (C=O) groups excluding carboxylic acids is 1. The highest BCUT2D eigenvalue weighted by Gasteiger charge is 2.13. The Bertz CT molecular complexity index is 742. The average molecular weight is 375 g/mol. The number of nitrogens with two attached hydrogens (primary N) is 1. The molecule has 0 spiro atoms. The Hall–Kier alpha value is -2.04. The van der Waals surface area contributed by atoms with Gasteiger partial charge in [0.25, 0.3) is 0 Å². The van der Waals surface area contributed by atoms with Gasteiger partial charge in [-0.25, -0.2) is 0 Å². The summed E-state index contributed by atoms with van der Waals surface area (Å²) in [7, 11) is 0. The van der Waals surface area contributed by atoms with Gasteiger partial charge in [-0.15, -0.1) is 0 Å². The van der Waals surface area contributed by atoms with Gasteiger partial charge in [0.2, 0.25) is 5.91 Å². The van der Waals surface area contributed by atoms with Crippen LogP contribution in [0.3, 0.4) is 0 Å². The smallest absolute Gasteiger partial charge is 0.248 e. The van der Waals surface area contributed by atoms with E-state index in [2.05, 4.69) is 26.1 Å². The molecule has 0 bridgehead atoms. The second-order valence-corrected chi connectivity index (χ2v) is 7.61. The molecule has 0 aliphatic carbocycles. The number of primary amides is 1. The Morgan fingerprint density at radius 2 is 1.88 bits per heavy atom. The molecule has 0 aliphatic heterocycles. The first-order valence-corrected chi connectivity index (χ1v) is 9.25. The number of ether oxygens (including phenoxy) is 1. The van der Waals surface area contributed by atoms with Gasteiger partial charge >= 0.3 is 0 Å². The Morgan fingerprint density at radius 3 is 2.46 bits per heavy atom. The van der Waals surface area contributed by atoms with Crippen LogP contribution in [0.4, 0.5) is 0 Å². The summed E-state index contributed by atoms with van der Waals surface area (Å²) in [5, 5.41) is 3.83. The van der Waals surface area contributed by atoms with Crippen molar-refractivity contribution >= 4 is 17.5 Å². The molecule has 4 nitrogen and oxygen atoms in total. The Morgan fingerprint density at radius 1 is 1.19 bits per heavy atom. The second kappa shape index (κ2) is 9.06. The van der Waals surface area contributed by atoms with E-state index in [1.807, 2.05) is 24.3 Å². The maximum Gasteiger partial charge on any atom is 0.248 e. The molecule has 0 aromatic heterocycles. The van der Waals surface area contributed by atoms with Gasteiger partial charge in [-0.2, -0.15) is 0 Å². The molecule has 1 amide bonds. The van der Waals surface area contributed by atoms with Gasteiger partial charge in [0, 0.05) is 12.1 Å². The van der Waals surface area contributed by atoms with Crippen LogP contribution in [0, 0.1) is 5.41 Å². The summed E-state index contributed by atoms with van der Waals surface area (Å²) in [4.78, 5) is 11.2. The molecular weight excluding hydrogens is 348 g/mol. The van der Waals surface area contributed by atoms with Crippen molar-refractivity contribution in [2.24, 2.45) is 11.1 Å². The van der Waals surface area contributed by atoms with Gasteiger partial charge in [-0.3, -0.25) is 4.79 Å². The third-order valence-corrected chi connectivity index (χ3v) is 4.93. The molecule has 0 atom stereocenters. The summed E-state index contributed by atoms with van der Waals surface area (Å²) >= 11 is 6.15. The maximum absolute atomic E-state index is 11.2. The highest BCUT2D eigenvalue weighted by Crippen LogP contribution is 2.30. The summed E-state index contributed by atoms with van der Waals surface area (Å²) in [6.07, 6.45) is 2.34. The Balaban J connectivity index is 1.88. The minimum absolute atomic E-state index is 0.352. The van der Waals surface area contributed by atoms with Crippen molar-refractivity contribution in [2.45, 2.75) is 40.2 Å². The van der Waals surface area contributed by atoms with Crippen LogP contribution in [0.1, 0.15) is 49.5 Å². The normalized spacial score (nSPS) is 11.4. The number of amides is 1. The summed E-state index contributed by atoms with van der Waals surface area (Å²) in [6.45, 7) is 8.64. The highest BCUT2D eigenvalue weighted by atomic mass is 35.5. The molecule has 0 saturated heterocycles. The van der Waals surface area contributed by atoms with Crippen molar-refractivity contribution in [2.75, 3.05) is 6.54 Å². The van der Waals surface area contributed by atoms with Crippen LogP contribution in [0.25, 0.3) is 0 Å². The van der Waals surface area contributed by atoms with Gasteiger partial charge in [-0.1, -0.05) is 50.9 Å². The van der Waals surface area contributed by atoms with Gasteiger partial charge in [-0.05, 0) is 54.3 Å². The molecule has 2 aromatic rings. The molecule has 0 heterocycles. The number of hydrogen-bond acceptors (Lipinski definition) is 3. The summed E-state index contributed by atoms with van der Waals surface area (Å²) in [5.74, 6) is 0.663. The van der Waals surface area contributed by atoms with E-state index >= 15 is 0 Å². The topological polar surface area (TPSA) is 64.3 Å². The first kappa shape index (κ1) is 20.3. The number of hydrogen-bond donors (Lipinski definition) is 2. The van der Waals surface area contributed by atoms with Gasteiger partial charge in [0.05, 0.1) is 5.02 Å². The predicted molar refractivity (Wildman–Crippen MR) is 107 cm³/mol. The van der Waals surface area contributed by atoms with Crippen molar-refractivity contribution in [3.8, 4) is 11.5 Å². The number of rotatable bonds is 9. The van der Waals surface area contributed by atoms with E-state index in [9.17, 15) is 4.79 Å². The zero-order valence-corrected chi connectivity index (χ0v) is 16.4. The van der Waals surface area contributed by atoms with E-state index in [0.717, 1.165) is 19.5 Å². The van der Waals surface area contributed by atoms with E-state index in [0.29, 0.717) is 27.5 Å². The number of benzene rings is 2. The molecule has 0 aliphatic rings. The zero-order chi connectivity index (χ0) is 19.2. The molecular formula is C21H27ClN2O2. The Kier molecular flexibility index (Phi) is 7.06. The minimum atomic E-state index is -0.516. The van der Waals surface area contributed by atoms with Gasteiger partial charge in [0.1, 0.15) is 11.5 Å². The van der Waals surface area contributed by atoms with E-state index in [4.69, 9.17) is 22.1 Å². The number of nitrogens with one attached hydrogen (secondary N) is 1. The lowest BCUT2D eigenvalue weighted by molar-refractivity contribution is 0.100. The molecule has 0 radical (unpaired) electrons. The monoisotopic (exact) mass is 374 g/mol. The van der Waals surface area contributed by atoms with E-state index in [1.54, 1.807) is 12.1 Å². The van der Waals surface area contributed by atoms with Crippen molar-refractivity contribution in [3.63, 3.8) is 0 Å². The Labute approximate surface area is 160 Å². The molecule has 0 saturated carbocycles. The quantitative estimate of drug-likeness (QED) is 0.597. The first-order valence-electron chi connectivity index (χ1n) is 8.87. The molecule has 140 valence electrons. The molecule has 2 aromatic carbocycles. The van der Waals surface area contributed by atoms with Crippen molar-refractivity contribution in [3.05, 3.63) is 58.6 Å². The fourth-order valence-electron chi connectivity index (χ4n) is 2.38. The lowest BCUT2D eigenvalue weighted by atomic mass is 9.86. The average Bonchev–Trinajstić information content (AvgIpc) is 2.61. The summed E-state index contributed by atoms with van der Waals surface area (Å²) in [6, 6.07) is 12.6. The third kappa shape index (κ3) is 6.04. The number of carbonyl (C=O) groups is 1. The zero-order valence-electron chi connectivity index (χ0n) is 15.6. The summed E-state index contributed by atoms with van der Waals surface area (Å²) < 4.78 is 5.78. The summed E-state index contributed by atoms with van der Waals surface area (Å²) in [5.41, 5.74) is 7.17. The van der Waals surface area contributed by atoms with E-state index < -0.39 is 5.91 Å². The van der Waals surface area contributed by atoms with Crippen LogP contribution in [-0.4, -0.2) is 12.5 Å².